The first-order valence-corrected chi connectivity index (χ1v) is 8.29. The molecule has 0 bridgehead atoms. The molecule has 24 heavy (non-hydrogen) atoms. The summed E-state index contributed by atoms with van der Waals surface area (Å²) in [7, 11) is 1.90. The molecule has 0 amide bonds. The maximum absolute atomic E-state index is 4.57. The Morgan fingerprint density at radius 2 is 2.08 bits per heavy atom. The third-order valence-corrected chi connectivity index (χ3v) is 4.42. The van der Waals surface area contributed by atoms with Gasteiger partial charge in [-0.2, -0.15) is 10.2 Å². The maximum Gasteiger partial charge on any atom is 0.152 e. The van der Waals surface area contributed by atoms with Crippen molar-refractivity contribution in [1.82, 2.24) is 29.5 Å². The van der Waals surface area contributed by atoms with E-state index in [0.29, 0.717) is 5.82 Å². The van der Waals surface area contributed by atoms with Gasteiger partial charge in [-0.3, -0.25) is 9.36 Å². The quantitative estimate of drug-likeness (QED) is 0.725. The Balaban J connectivity index is 1.47. The molecule has 3 heterocycles. The number of hydrogen-bond donors (Lipinski definition) is 0. The van der Waals surface area contributed by atoms with Crippen LogP contribution in [0.4, 0.5) is 0 Å². The summed E-state index contributed by atoms with van der Waals surface area (Å²) in [5.74, 6) is 1.49. The van der Waals surface area contributed by atoms with Gasteiger partial charge in [0.1, 0.15) is 0 Å². The van der Waals surface area contributed by atoms with Crippen molar-refractivity contribution < 1.29 is 0 Å². The summed E-state index contributed by atoms with van der Waals surface area (Å²) in [6.07, 6.45) is 17.5. The predicted octanol–water partition coefficient (Wildman–Crippen LogP) is 3.04. The first-order chi connectivity index (χ1) is 11.8. The number of hydrogen-bond acceptors (Lipinski definition) is 4. The molecule has 3 aromatic heterocycles. The summed E-state index contributed by atoms with van der Waals surface area (Å²) >= 11 is 0. The molecule has 0 N–H and O–H groups in total. The smallest absolute Gasteiger partial charge is 0.152 e. The van der Waals surface area contributed by atoms with Gasteiger partial charge >= 0.3 is 0 Å². The van der Waals surface area contributed by atoms with Crippen LogP contribution in [0.3, 0.4) is 0 Å². The molecule has 6 nitrogen and oxygen atoms in total. The molecule has 122 valence electrons. The Bertz CT molecular complexity index is 856. The Kier molecular flexibility index (Phi) is 3.94. The molecule has 0 aromatic carbocycles. The third-order valence-electron chi connectivity index (χ3n) is 4.42. The lowest BCUT2D eigenvalue weighted by Gasteiger charge is -2.24. The molecule has 1 fully saturated rings. The van der Waals surface area contributed by atoms with Gasteiger partial charge in [0.2, 0.25) is 0 Å². The van der Waals surface area contributed by atoms with Crippen molar-refractivity contribution in [3.05, 3.63) is 48.4 Å². The van der Waals surface area contributed by atoms with E-state index >= 15 is 0 Å². The van der Waals surface area contributed by atoms with E-state index in [0.717, 1.165) is 29.3 Å². The first-order valence-electron chi connectivity index (χ1n) is 8.29. The predicted molar refractivity (Wildman–Crippen MR) is 92.7 cm³/mol. The van der Waals surface area contributed by atoms with E-state index < -0.39 is 0 Å². The Morgan fingerprint density at radius 1 is 1.17 bits per heavy atom. The van der Waals surface area contributed by atoms with Crippen LogP contribution in [-0.2, 0) is 13.6 Å². The van der Waals surface area contributed by atoms with Crippen molar-refractivity contribution in [2.24, 2.45) is 13.0 Å². The molecule has 0 saturated heterocycles. The molecule has 4 rings (SSSR count). The van der Waals surface area contributed by atoms with Crippen molar-refractivity contribution in [1.29, 1.82) is 0 Å². The van der Waals surface area contributed by atoms with Crippen molar-refractivity contribution in [3.8, 4) is 11.3 Å². The molecular weight excluding hydrogens is 300 g/mol. The fourth-order valence-electron chi connectivity index (χ4n) is 2.84. The number of rotatable bonds is 5. The molecule has 6 heteroatoms. The minimum Gasteiger partial charge on any atom is -0.275 e. The topological polar surface area (TPSA) is 61.4 Å². The van der Waals surface area contributed by atoms with Crippen molar-refractivity contribution >= 4 is 12.2 Å². The maximum atomic E-state index is 4.57. The van der Waals surface area contributed by atoms with Gasteiger partial charge in [0, 0.05) is 43.3 Å². The Hall–Kier alpha value is -2.76. The molecule has 1 aliphatic rings. The van der Waals surface area contributed by atoms with E-state index in [1.807, 2.05) is 42.3 Å². The summed E-state index contributed by atoms with van der Waals surface area (Å²) < 4.78 is 3.81. The Morgan fingerprint density at radius 3 is 2.83 bits per heavy atom. The minimum absolute atomic E-state index is 0.683. The van der Waals surface area contributed by atoms with Crippen LogP contribution in [0, 0.1) is 5.92 Å². The fourth-order valence-corrected chi connectivity index (χ4v) is 2.84. The van der Waals surface area contributed by atoms with E-state index in [4.69, 9.17) is 0 Å². The second-order valence-electron chi connectivity index (χ2n) is 6.33. The Labute approximate surface area is 140 Å². The van der Waals surface area contributed by atoms with Crippen molar-refractivity contribution in [3.63, 3.8) is 0 Å². The lowest BCUT2D eigenvalue weighted by molar-refractivity contribution is 0.266. The number of nitrogens with zero attached hydrogens (tertiary/aromatic N) is 6. The monoisotopic (exact) mass is 320 g/mol. The molecule has 1 saturated carbocycles. The lowest BCUT2D eigenvalue weighted by atomic mass is 9.85. The molecule has 3 aromatic rings. The van der Waals surface area contributed by atoms with Gasteiger partial charge in [-0.1, -0.05) is 6.42 Å². The summed E-state index contributed by atoms with van der Waals surface area (Å²) in [5, 5.41) is 8.61. The van der Waals surface area contributed by atoms with Crippen LogP contribution < -0.4 is 0 Å². The minimum atomic E-state index is 0.683. The van der Waals surface area contributed by atoms with Crippen LogP contribution >= 0.6 is 0 Å². The second-order valence-corrected chi connectivity index (χ2v) is 6.33. The average molecular weight is 320 g/mol. The normalized spacial score (nSPS) is 15.0. The molecule has 1 aliphatic carbocycles. The third kappa shape index (κ3) is 3.27. The number of aryl methyl sites for hydroxylation is 1. The van der Waals surface area contributed by atoms with E-state index in [1.54, 1.807) is 17.1 Å². The van der Waals surface area contributed by atoms with Crippen LogP contribution in [0.2, 0.25) is 0 Å². The molecule has 0 unspecified atom stereocenters. The average Bonchev–Trinajstić information content (AvgIpc) is 3.18. The highest BCUT2D eigenvalue weighted by atomic mass is 15.3. The van der Waals surface area contributed by atoms with Crippen LogP contribution in [0.1, 0.15) is 30.7 Å². The van der Waals surface area contributed by atoms with Crippen molar-refractivity contribution in [2.45, 2.75) is 25.8 Å². The van der Waals surface area contributed by atoms with Gasteiger partial charge in [0.05, 0.1) is 18.1 Å². The zero-order valence-corrected chi connectivity index (χ0v) is 13.7. The van der Waals surface area contributed by atoms with Crippen LogP contribution in [0.25, 0.3) is 23.4 Å². The fraction of sp³-hybridized carbons (Fsp3) is 0.333. The summed E-state index contributed by atoms with van der Waals surface area (Å²) in [5.41, 5.74) is 2.94. The van der Waals surface area contributed by atoms with Gasteiger partial charge in [0.25, 0.3) is 0 Å². The van der Waals surface area contributed by atoms with Crippen molar-refractivity contribution in [2.75, 3.05) is 0 Å². The molecule has 0 radical (unpaired) electrons. The van der Waals surface area contributed by atoms with E-state index in [1.165, 1.54) is 19.3 Å². The number of aromatic nitrogens is 6. The van der Waals surface area contributed by atoms with E-state index in [2.05, 4.69) is 26.4 Å². The second kappa shape index (κ2) is 6.39. The zero-order chi connectivity index (χ0) is 16.4. The lowest BCUT2D eigenvalue weighted by Crippen LogP contribution is -2.18. The molecule has 0 atom stereocenters. The van der Waals surface area contributed by atoms with E-state index in [-0.39, 0.29) is 0 Å². The van der Waals surface area contributed by atoms with Gasteiger partial charge in [-0.15, -0.1) is 0 Å². The van der Waals surface area contributed by atoms with Crippen LogP contribution in [0.5, 0.6) is 0 Å². The standard InChI is InChI=1S/C18H20N6/c1-23-13-16(10-20-23)17-7-8-19-18(22-17)6-5-15-9-21-24(12-15)11-14-3-2-4-14/h5-10,12-14H,2-4,11H2,1H3/b6-5+. The first kappa shape index (κ1) is 14.8. The van der Waals surface area contributed by atoms with Crippen LogP contribution in [-0.4, -0.2) is 29.5 Å². The zero-order valence-electron chi connectivity index (χ0n) is 13.7. The highest BCUT2D eigenvalue weighted by molar-refractivity contribution is 5.67. The molecule has 0 aliphatic heterocycles. The summed E-state index contributed by atoms with van der Waals surface area (Å²) in [6, 6.07) is 1.89. The van der Waals surface area contributed by atoms with Gasteiger partial charge in [0.15, 0.2) is 5.82 Å². The van der Waals surface area contributed by atoms with Gasteiger partial charge in [-0.25, -0.2) is 9.97 Å². The summed E-state index contributed by atoms with van der Waals surface area (Å²) in [6.45, 7) is 1.03. The molecular formula is C18H20N6. The largest absolute Gasteiger partial charge is 0.275 e. The van der Waals surface area contributed by atoms with Gasteiger partial charge < -0.3 is 0 Å². The van der Waals surface area contributed by atoms with Gasteiger partial charge in [-0.05, 0) is 37.0 Å². The highest BCUT2D eigenvalue weighted by Gasteiger charge is 2.17. The molecule has 0 spiro atoms. The van der Waals surface area contributed by atoms with E-state index in [9.17, 15) is 0 Å². The van der Waals surface area contributed by atoms with Crippen LogP contribution in [0.15, 0.2) is 37.1 Å². The summed E-state index contributed by atoms with van der Waals surface area (Å²) in [4.78, 5) is 8.88. The SMILES string of the molecule is Cn1cc(-c2ccnc(/C=C/c3cnn(CC4CCC4)c3)n2)cn1. The highest BCUT2D eigenvalue weighted by Crippen LogP contribution is 2.27.